The van der Waals surface area contributed by atoms with E-state index >= 15 is 0 Å². The second-order valence-corrected chi connectivity index (χ2v) is 9.91. The van der Waals surface area contributed by atoms with Gasteiger partial charge in [0.25, 0.3) is 0 Å². The first-order chi connectivity index (χ1) is 14.7. The van der Waals surface area contributed by atoms with Gasteiger partial charge in [-0.05, 0) is 74.3 Å². The second-order valence-electron chi connectivity index (χ2n) is 9.91. The SMILES string of the molecule is CCCCCC1CCC(C2CCC(CCc3ccc(OC(=O)CC)cn3)CC2)CC1. The molecule has 0 aliphatic heterocycles. The molecule has 1 aromatic heterocycles. The summed E-state index contributed by atoms with van der Waals surface area (Å²) in [6, 6.07) is 3.90. The predicted molar refractivity (Wildman–Crippen MR) is 124 cm³/mol. The van der Waals surface area contributed by atoms with Gasteiger partial charge in [0, 0.05) is 12.1 Å². The molecule has 3 nitrogen and oxygen atoms in total. The van der Waals surface area contributed by atoms with Crippen LogP contribution >= 0.6 is 0 Å². The van der Waals surface area contributed by atoms with Crippen molar-refractivity contribution in [2.24, 2.45) is 23.7 Å². The molecule has 0 amide bonds. The van der Waals surface area contributed by atoms with E-state index in [0.717, 1.165) is 35.8 Å². The third-order valence-corrected chi connectivity index (χ3v) is 7.79. The maximum Gasteiger partial charge on any atom is 0.310 e. The summed E-state index contributed by atoms with van der Waals surface area (Å²) in [5.41, 5.74) is 1.12. The van der Waals surface area contributed by atoms with Crippen LogP contribution in [0, 0.1) is 23.7 Å². The van der Waals surface area contributed by atoms with Gasteiger partial charge in [0.1, 0.15) is 5.75 Å². The van der Waals surface area contributed by atoms with Crippen LogP contribution in [0.15, 0.2) is 18.3 Å². The van der Waals surface area contributed by atoms with Crippen molar-refractivity contribution in [2.45, 2.75) is 110 Å². The topological polar surface area (TPSA) is 39.2 Å². The molecule has 2 aliphatic rings. The third-order valence-electron chi connectivity index (χ3n) is 7.79. The van der Waals surface area contributed by atoms with Crippen molar-refractivity contribution in [2.75, 3.05) is 0 Å². The predicted octanol–water partition coefficient (Wildman–Crippen LogP) is 7.52. The summed E-state index contributed by atoms with van der Waals surface area (Å²) < 4.78 is 5.21. The first-order valence-electron chi connectivity index (χ1n) is 12.8. The number of pyridine rings is 1. The van der Waals surface area contributed by atoms with Crippen molar-refractivity contribution < 1.29 is 9.53 Å². The van der Waals surface area contributed by atoms with Crippen LogP contribution in [-0.2, 0) is 11.2 Å². The van der Waals surface area contributed by atoms with E-state index in [1.807, 2.05) is 12.1 Å². The Morgan fingerprint density at radius 1 is 0.900 bits per heavy atom. The highest BCUT2D eigenvalue weighted by atomic mass is 16.5. The number of nitrogens with zero attached hydrogens (tertiary/aromatic N) is 1. The molecular formula is C27H43NO2. The smallest absolute Gasteiger partial charge is 0.310 e. The van der Waals surface area contributed by atoms with Gasteiger partial charge < -0.3 is 4.74 Å². The Hall–Kier alpha value is -1.38. The molecule has 1 aromatic rings. The number of ether oxygens (including phenoxy) is 1. The van der Waals surface area contributed by atoms with Crippen LogP contribution in [0.2, 0.25) is 0 Å². The van der Waals surface area contributed by atoms with E-state index in [4.69, 9.17) is 4.74 Å². The number of carbonyl (C=O) groups is 1. The van der Waals surface area contributed by atoms with E-state index in [1.54, 1.807) is 13.1 Å². The summed E-state index contributed by atoms with van der Waals surface area (Å²) in [6.07, 6.45) is 21.8. The Balaban J connectivity index is 1.32. The molecule has 0 N–H and O–H groups in total. The van der Waals surface area contributed by atoms with E-state index in [-0.39, 0.29) is 5.97 Å². The van der Waals surface area contributed by atoms with Crippen LogP contribution in [-0.4, -0.2) is 11.0 Å². The van der Waals surface area contributed by atoms with Gasteiger partial charge in [0.2, 0.25) is 0 Å². The average molecular weight is 414 g/mol. The average Bonchev–Trinajstić information content (AvgIpc) is 2.79. The van der Waals surface area contributed by atoms with Gasteiger partial charge in [-0.1, -0.05) is 65.2 Å². The second kappa shape index (κ2) is 12.5. The van der Waals surface area contributed by atoms with Gasteiger partial charge >= 0.3 is 5.97 Å². The molecule has 2 saturated carbocycles. The van der Waals surface area contributed by atoms with E-state index in [2.05, 4.69) is 11.9 Å². The number of hydrogen-bond acceptors (Lipinski definition) is 3. The molecule has 2 aliphatic carbocycles. The summed E-state index contributed by atoms with van der Waals surface area (Å²) >= 11 is 0. The number of esters is 1. The molecule has 0 saturated heterocycles. The molecule has 1 heterocycles. The fourth-order valence-electron chi connectivity index (χ4n) is 5.75. The first-order valence-corrected chi connectivity index (χ1v) is 12.8. The highest BCUT2D eigenvalue weighted by Crippen LogP contribution is 2.43. The van der Waals surface area contributed by atoms with Crippen LogP contribution in [0.1, 0.15) is 109 Å². The van der Waals surface area contributed by atoms with Gasteiger partial charge in [-0.3, -0.25) is 9.78 Å². The highest BCUT2D eigenvalue weighted by molar-refractivity contribution is 5.71. The number of unbranched alkanes of at least 4 members (excludes halogenated alkanes) is 2. The van der Waals surface area contributed by atoms with Gasteiger partial charge in [-0.2, -0.15) is 0 Å². The number of aryl methyl sites for hydroxylation is 1. The largest absolute Gasteiger partial charge is 0.425 e. The lowest BCUT2D eigenvalue weighted by molar-refractivity contribution is -0.134. The number of hydrogen-bond donors (Lipinski definition) is 0. The Morgan fingerprint density at radius 3 is 2.07 bits per heavy atom. The molecule has 0 unspecified atom stereocenters. The number of rotatable bonds is 10. The fourth-order valence-corrected chi connectivity index (χ4v) is 5.75. The molecule has 30 heavy (non-hydrogen) atoms. The number of aromatic nitrogens is 1. The highest BCUT2D eigenvalue weighted by Gasteiger charge is 2.30. The van der Waals surface area contributed by atoms with Crippen molar-refractivity contribution in [1.82, 2.24) is 4.98 Å². The monoisotopic (exact) mass is 413 g/mol. The fraction of sp³-hybridized carbons (Fsp3) is 0.778. The molecule has 0 radical (unpaired) electrons. The summed E-state index contributed by atoms with van der Waals surface area (Å²) in [5.74, 6) is 4.29. The summed E-state index contributed by atoms with van der Waals surface area (Å²) in [6.45, 7) is 4.12. The van der Waals surface area contributed by atoms with Crippen molar-refractivity contribution >= 4 is 5.97 Å². The zero-order valence-electron chi connectivity index (χ0n) is 19.4. The molecular weight excluding hydrogens is 370 g/mol. The zero-order valence-corrected chi connectivity index (χ0v) is 19.4. The molecule has 2 fully saturated rings. The van der Waals surface area contributed by atoms with Crippen LogP contribution in [0.25, 0.3) is 0 Å². The minimum atomic E-state index is -0.203. The minimum Gasteiger partial charge on any atom is -0.425 e. The van der Waals surface area contributed by atoms with Crippen molar-refractivity contribution in [1.29, 1.82) is 0 Å². The lowest BCUT2D eigenvalue weighted by atomic mass is 9.68. The van der Waals surface area contributed by atoms with Gasteiger partial charge in [-0.15, -0.1) is 0 Å². The Kier molecular flexibility index (Phi) is 9.68. The molecule has 0 aromatic carbocycles. The molecule has 0 bridgehead atoms. The molecule has 168 valence electrons. The van der Waals surface area contributed by atoms with Crippen molar-refractivity contribution in [3.63, 3.8) is 0 Å². The zero-order chi connectivity index (χ0) is 21.2. The van der Waals surface area contributed by atoms with Crippen molar-refractivity contribution in [3.8, 4) is 5.75 Å². The Bertz CT molecular complexity index is 610. The molecule has 0 atom stereocenters. The van der Waals surface area contributed by atoms with E-state index < -0.39 is 0 Å². The van der Waals surface area contributed by atoms with Gasteiger partial charge in [0.05, 0.1) is 6.20 Å². The van der Waals surface area contributed by atoms with Crippen LogP contribution in [0.5, 0.6) is 5.75 Å². The van der Waals surface area contributed by atoms with Gasteiger partial charge in [0.15, 0.2) is 0 Å². The first kappa shape index (κ1) is 23.3. The standard InChI is InChI=1S/C27H43NO2/c1-3-5-6-7-21-8-13-23(14-9-21)24-15-10-22(11-16-24)12-17-25-18-19-26(20-28-25)30-27(29)4-2/h18-24H,3-17H2,1-2H3. The summed E-state index contributed by atoms with van der Waals surface area (Å²) in [5, 5.41) is 0. The van der Waals surface area contributed by atoms with Crippen molar-refractivity contribution in [3.05, 3.63) is 24.0 Å². The lowest BCUT2D eigenvalue weighted by Gasteiger charge is -2.38. The molecule has 3 rings (SSSR count). The Morgan fingerprint density at radius 2 is 1.53 bits per heavy atom. The third kappa shape index (κ3) is 7.39. The number of carbonyl (C=O) groups excluding carboxylic acids is 1. The van der Waals surface area contributed by atoms with Crippen LogP contribution < -0.4 is 4.74 Å². The van der Waals surface area contributed by atoms with Crippen LogP contribution in [0.4, 0.5) is 0 Å². The Labute approximate surface area is 184 Å². The normalized spacial score (nSPS) is 27.0. The molecule has 3 heteroatoms. The lowest BCUT2D eigenvalue weighted by Crippen LogP contribution is -2.26. The van der Waals surface area contributed by atoms with Crippen LogP contribution in [0.3, 0.4) is 0 Å². The van der Waals surface area contributed by atoms with E-state index in [0.29, 0.717) is 12.2 Å². The summed E-state index contributed by atoms with van der Waals surface area (Å²) in [7, 11) is 0. The van der Waals surface area contributed by atoms with Gasteiger partial charge in [-0.25, -0.2) is 0 Å². The maximum atomic E-state index is 11.4. The quantitative estimate of drug-likeness (QED) is 0.294. The molecule has 0 spiro atoms. The van der Waals surface area contributed by atoms with E-state index in [1.165, 1.54) is 83.5 Å². The minimum absolute atomic E-state index is 0.203. The maximum absolute atomic E-state index is 11.4. The van der Waals surface area contributed by atoms with E-state index in [9.17, 15) is 4.79 Å². The summed E-state index contributed by atoms with van der Waals surface area (Å²) in [4.78, 5) is 15.9.